The number of nitrogens with zero attached hydrogens (tertiary/aromatic N) is 3. The summed E-state index contributed by atoms with van der Waals surface area (Å²) in [7, 11) is 0. The van der Waals surface area contributed by atoms with Gasteiger partial charge in [-0.3, -0.25) is 4.98 Å². The number of para-hydroxylation sites is 2. The Morgan fingerprint density at radius 3 is 2.44 bits per heavy atom. The maximum Gasteiger partial charge on any atom is 0.150 e. The highest BCUT2D eigenvalue weighted by atomic mass is 14.9. The van der Waals surface area contributed by atoms with Gasteiger partial charge in [-0.05, 0) is 31.2 Å². The normalized spacial score (nSPS) is 10.7. The minimum Gasteiger partial charge on any atom is -0.382 e. The van der Waals surface area contributed by atoms with Crippen LogP contribution in [0.1, 0.15) is 5.69 Å². The Kier molecular flexibility index (Phi) is 2.41. The lowest BCUT2D eigenvalue weighted by atomic mass is 10.1. The van der Waals surface area contributed by atoms with Crippen molar-refractivity contribution >= 4 is 16.9 Å². The van der Waals surface area contributed by atoms with Gasteiger partial charge in [0.05, 0.1) is 11.0 Å². The number of hydrogen-bond donors (Lipinski definition) is 1. The number of aryl methyl sites for hydroxylation is 1. The van der Waals surface area contributed by atoms with E-state index in [2.05, 4.69) is 15.0 Å². The van der Waals surface area contributed by atoms with E-state index in [0.717, 1.165) is 22.3 Å². The molecule has 0 saturated carbocycles. The summed E-state index contributed by atoms with van der Waals surface area (Å²) in [6.45, 7) is 1.94. The molecule has 88 valence electrons. The largest absolute Gasteiger partial charge is 0.382 e. The van der Waals surface area contributed by atoms with Gasteiger partial charge in [0.25, 0.3) is 0 Å². The highest BCUT2D eigenvalue weighted by molar-refractivity contribution is 5.82. The smallest absolute Gasteiger partial charge is 0.150 e. The molecule has 0 amide bonds. The Labute approximate surface area is 105 Å². The van der Waals surface area contributed by atoms with Gasteiger partial charge in [-0.15, -0.1) is 0 Å². The number of nitrogen functional groups attached to an aromatic ring is 1. The number of fused-ring (bicyclic) bond motifs is 1. The van der Waals surface area contributed by atoms with Gasteiger partial charge in [-0.2, -0.15) is 0 Å². The molecule has 0 radical (unpaired) electrons. The number of aromatic nitrogens is 3. The van der Waals surface area contributed by atoms with Gasteiger partial charge in [0.15, 0.2) is 5.82 Å². The van der Waals surface area contributed by atoms with Crippen molar-refractivity contribution in [1.82, 2.24) is 15.0 Å². The van der Waals surface area contributed by atoms with E-state index in [1.54, 1.807) is 6.20 Å². The van der Waals surface area contributed by atoms with Crippen LogP contribution in [0, 0.1) is 6.92 Å². The molecule has 0 aliphatic carbocycles. The van der Waals surface area contributed by atoms with Crippen LogP contribution in [0.3, 0.4) is 0 Å². The third kappa shape index (κ3) is 1.78. The molecule has 0 aliphatic heterocycles. The third-order valence-electron chi connectivity index (χ3n) is 2.77. The van der Waals surface area contributed by atoms with Crippen molar-refractivity contribution in [2.24, 2.45) is 0 Å². The molecule has 3 rings (SSSR count). The van der Waals surface area contributed by atoms with Gasteiger partial charge >= 0.3 is 0 Å². The van der Waals surface area contributed by atoms with Crippen LogP contribution in [-0.4, -0.2) is 15.0 Å². The summed E-state index contributed by atoms with van der Waals surface area (Å²) in [5.74, 6) is 0.444. The molecule has 0 fully saturated rings. The highest BCUT2D eigenvalue weighted by Crippen LogP contribution is 2.24. The van der Waals surface area contributed by atoms with Gasteiger partial charge in [0.1, 0.15) is 5.69 Å². The summed E-state index contributed by atoms with van der Waals surface area (Å²) in [5, 5.41) is 0. The van der Waals surface area contributed by atoms with E-state index >= 15 is 0 Å². The van der Waals surface area contributed by atoms with Crippen LogP contribution in [0.4, 0.5) is 5.82 Å². The Balaban J connectivity index is 2.26. The lowest BCUT2D eigenvalue weighted by molar-refractivity contribution is 1.19. The first-order chi connectivity index (χ1) is 8.74. The van der Waals surface area contributed by atoms with Crippen molar-refractivity contribution in [3.8, 4) is 11.3 Å². The van der Waals surface area contributed by atoms with Crippen LogP contribution in [-0.2, 0) is 0 Å². The SMILES string of the molecule is Cc1cc(-c2nc3ccccc3nc2N)ccn1. The average Bonchev–Trinajstić information content (AvgIpc) is 2.38. The second-order valence-electron chi connectivity index (χ2n) is 4.13. The standard InChI is InChI=1S/C14H12N4/c1-9-8-10(6-7-16-9)13-14(15)18-12-5-3-2-4-11(12)17-13/h2-8H,1H3,(H2,15,18). The van der Waals surface area contributed by atoms with Crippen LogP contribution < -0.4 is 5.73 Å². The fourth-order valence-electron chi connectivity index (χ4n) is 1.92. The summed E-state index contributed by atoms with van der Waals surface area (Å²) in [6.07, 6.45) is 1.75. The number of nitrogens with two attached hydrogens (primary N) is 1. The van der Waals surface area contributed by atoms with Crippen LogP contribution in [0.15, 0.2) is 42.6 Å². The Morgan fingerprint density at radius 2 is 1.72 bits per heavy atom. The molecular formula is C14H12N4. The van der Waals surface area contributed by atoms with E-state index in [9.17, 15) is 0 Å². The second-order valence-corrected chi connectivity index (χ2v) is 4.13. The predicted octanol–water partition coefficient (Wildman–Crippen LogP) is 2.58. The number of anilines is 1. The Bertz CT molecular complexity index is 722. The monoisotopic (exact) mass is 236 g/mol. The molecule has 4 nitrogen and oxygen atoms in total. The first kappa shape index (κ1) is 10.7. The van der Waals surface area contributed by atoms with E-state index in [1.165, 1.54) is 0 Å². The molecule has 2 N–H and O–H groups in total. The minimum absolute atomic E-state index is 0.444. The molecule has 0 spiro atoms. The predicted molar refractivity (Wildman–Crippen MR) is 71.9 cm³/mol. The van der Waals surface area contributed by atoms with E-state index in [0.29, 0.717) is 11.5 Å². The lowest BCUT2D eigenvalue weighted by Gasteiger charge is -2.06. The van der Waals surface area contributed by atoms with Gasteiger partial charge < -0.3 is 5.73 Å². The lowest BCUT2D eigenvalue weighted by Crippen LogP contribution is -1.98. The average molecular weight is 236 g/mol. The fraction of sp³-hybridized carbons (Fsp3) is 0.0714. The first-order valence-electron chi connectivity index (χ1n) is 5.69. The maximum absolute atomic E-state index is 5.97. The molecular weight excluding hydrogens is 224 g/mol. The molecule has 2 aromatic heterocycles. The van der Waals surface area contributed by atoms with E-state index in [1.807, 2.05) is 43.3 Å². The maximum atomic E-state index is 5.97. The molecule has 0 atom stereocenters. The fourth-order valence-corrected chi connectivity index (χ4v) is 1.92. The van der Waals surface area contributed by atoms with Crippen molar-refractivity contribution in [3.63, 3.8) is 0 Å². The van der Waals surface area contributed by atoms with Gasteiger partial charge in [-0.1, -0.05) is 12.1 Å². The van der Waals surface area contributed by atoms with E-state index in [4.69, 9.17) is 5.73 Å². The first-order valence-corrected chi connectivity index (χ1v) is 5.69. The zero-order valence-corrected chi connectivity index (χ0v) is 9.96. The van der Waals surface area contributed by atoms with Crippen molar-refractivity contribution in [2.45, 2.75) is 6.92 Å². The molecule has 0 unspecified atom stereocenters. The van der Waals surface area contributed by atoms with Crippen LogP contribution in [0.25, 0.3) is 22.3 Å². The summed E-state index contributed by atoms with van der Waals surface area (Å²) >= 11 is 0. The van der Waals surface area contributed by atoms with Crippen LogP contribution in [0.5, 0.6) is 0 Å². The summed E-state index contributed by atoms with van der Waals surface area (Å²) in [5.41, 5.74) is 10.2. The molecule has 18 heavy (non-hydrogen) atoms. The second kappa shape index (κ2) is 4.07. The molecule has 0 aliphatic rings. The molecule has 3 aromatic rings. The van der Waals surface area contributed by atoms with E-state index < -0.39 is 0 Å². The van der Waals surface area contributed by atoms with Crippen molar-refractivity contribution < 1.29 is 0 Å². The molecule has 0 bridgehead atoms. The zero-order chi connectivity index (χ0) is 12.5. The topological polar surface area (TPSA) is 64.7 Å². The zero-order valence-electron chi connectivity index (χ0n) is 9.96. The van der Waals surface area contributed by atoms with Gasteiger partial charge in [-0.25, -0.2) is 9.97 Å². The molecule has 1 aromatic carbocycles. The van der Waals surface area contributed by atoms with Gasteiger partial charge in [0.2, 0.25) is 0 Å². The van der Waals surface area contributed by atoms with Crippen molar-refractivity contribution in [1.29, 1.82) is 0 Å². The van der Waals surface area contributed by atoms with Crippen molar-refractivity contribution in [3.05, 3.63) is 48.3 Å². The molecule has 0 saturated heterocycles. The number of benzene rings is 1. The number of rotatable bonds is 1. The minimum atomic E-state index is 0.444. The number of pyridine rings is 1. The summed E-state index contributed by atoms with van der Waals surface area (Å²) in [6, 6.07) is 11.5. The quantitative estimate of drug-likeness (QED) is 0.705. The molecule has 4 heteroatoms. The van der Waals surface area contributed by atoms with Gasteiger partial charge in [0, 0.05) is 17.5 Å². The third-order valence-corrected chi connectivity index (χ3v) is 2.77. The molecule has 2 heterocycles. The van der Waals surface area contributed by atoms with E-state index in [-0.39, 0.29) is 0 Å². The summed E-state index contributed by atoms with van der Waals surface area (Å²) < 4.78 is 0. The summed E-state index contributed by atoms with van der Waals surface area (Å²) in [4.78, 5) is 13.1. The van der Waals surface area contributed by atoms with Crippen LogP contribution >= 0.6 is 0 Å². The Morgan fingerprint density at radius 1 is 1.00 bits per heavy atom. The van der Waals surface area contributed by atoms with Crippen molar-refractivity contribution in [2.75, 3.05) is 5.73 Å². The van der Waals surface area contributed by atoms with Crippen LogP contribution in [0.2, 0.25) is 0 Å². The number of hydrogen-bond acceptors (Lipinski definition) is 4. The Hall–Kier alpha value is -2.49. The highest BCUT2D eigenvalue weighted by Gasteiger charge is 2.08.